The first-order valence-corrected chi connectivity index (χ1v) is 8.61. The molecule has 0 radical (unpaired) electrons. The molecular weight excluding hydrogens is 266 g/mol. The van der Waals surface area contributed by atoms with Crippen molar-refractivity contribution in [2.24, 2.45) is 0 Å². The van der Waals surface area contributed by atoms with Crippen molar-refractivity contribution in [2.45, 2.75) is 63.8 Å². The number of morpholine rings is 1. The number of carbonyl (C=O) groups is 1. The Morgan fingerprint density at radius 2 is 2.10 bits per heavy atom. The largest absolute Gasteiger partial charge is 0.374 e. The van der Waals surface area contributed by atoms with E-state index in [2.05, 4.69) is 29.0 Å². The molecule has 1 amide bonds. The highest BCUT2D eigenvalue weighted by molar-refractivity contribution is 5.89. The lowest BCUT2D eigenvalue weighted by molar-refractivity contribution is -0.136. The maximum Gasteiger partial charge on any atom is 0.244 e. The molecule has 3 fully saturated rings. The van der Waals surface area contributed by atoms with Gasteiger partial charge in [-0.1, -0.05) is 26.7 Å². The van der Waals surface area contributed by atoms with E-state index in [4.69, 9.17) is 4.74 Å². The van der Waals surface area contributed by atoms with Crippen LogP contribution in [-0.2, 0) is 9.53 Å². The smallest absolute Gasteiger partial charge is 0.244 e. The van der Waals surface area contributed by atoms with Crippen LogP contribution in [-0.4, -0.2) is 66.3 Å². The molecule has 2 aliphatic heterocycles. The summed E-state index contributed by atoms with van der Waals surface area (Å²) >= 11 is 0. The van der Waals surface area contributed by atoms with Gasteiger partial charge in [-0.05, 0) is 25.8 Å². The molecule has 5 heteroatoms. The van der Waals surface area contributed by atoms with Gasteiger partial charge in [0.15, 0.2) is 0 Å². The van der Waals surface area contributed by atoms with Crippen molar-refractivity contribution in [3.63, 3.8) is 0 Å². The number of ether oxygens (including phenoxy) is 1. The molecule has 1 N–H and O–H groups in total. The molecule has 0 aromatic heterocycles. The van der Waals surface area contributed by atoms with Crippen molar-refractivity contribution in [3.8, 4) is 0 Å². The third kappa shape index (κ3) is 2.83. The van der Waals surface area contributed by atoms with E-state index in [1.807, 2.05) is 0 Å². The van der Waals surface area contributed by atoms with E-state index in [-0.39, 0.29) is 17.8 Å². The standard InChI is InChI=1S/C16H29N3O2/c1-3-14-17-16(7-5-6-8-16)15(20)19(14)12-13-11-18(4-2)9-10-21-13/h13-14,17H,3-12H2,1-2H3. The van der Waals surface area contributed by atoms with Gasteiger partial charge >= 0.3 is 0 Å². The predicted octanol–water partition coefficient (Wildman–Crippen LogP) is 1.19. The highest BCUT2D eigenvalue weighted by atomic mass is 16.5. The molecule has 2 unspecified atom stereocenters. The van der Waals surface area contributed by atoms with Crippen molar-refractivity contribution >= 4 is 5.91 Å². The molecule has 3 rings (SSSR count). The first kappa shape index (κ1) is 15.3. The average molecular weight is 295 g/mol. The van der Waals surface area contributed by atoms with E-state index >= 15 is 0 Å². The zero-order valence-corrected chi connectivity index (χ0v) is 13.4. The van der Waals surface area contributed by atoms with Crippen LogP contribution in [0, 0.1) is 0 Å². The Morgan fingerprint density at radius 1 is 1.33 bits per heavy atom. The van der Waals surface area contributed by atoms with Crippen LogP contribution in [0.1, 0.15) is 46.0 Å². The number of amides is 1. The Kier molecular flexibility index (Phi) is 4.52. The number of nitrogens with one attached hydrogen (secondary N) is 1. The third-order valence-corrected chi connectivity index (χ3v) is 5.40. The number of likely N-dealkylation sites (N-methyl/N-ethyl adjacent to an activating group) is 1. The van der Waals surface area contributed by atoms with Gasteiger partial charge in [0.05, 0.1) is 24.4 Å². The fraction of sp³-hybridized carbons (Fsp3) is 0.938. The summed E-state index contributed by atoms with van der Waals surface area (Å²) in [4.78, 5) is 17.4. The minimum absolute atomic E-state index is 0.162. The van der Waals surface area contributed by atoms with Crippen LogP contribution >= 0.6 is 0 Å². The van der Waals surface area contributed by atoms with Crippen molar-refractivity contribution in [1.82, 2.24) is 15.1 Å². The van der Waals surface area contributed by atoms with E-state index in [0.29, 0.717) is 5.91 Å². The fourth-order valence-electron chi connectivity index (χ4n) is 4.14. The quantitative estimate of drug-likeness (QED) is 0.846. The minimum Gasteiger partial charge on any atom is -0.374 e. The normalized spacial score (nSPS) is 33.2. The Bertz CT molecular complexity index is 382. The third-order valence-electron chi connectivity index (χ3n) is 5.40. The molecule has 2 atom stereocenters. The summed E-state index contributed by atoms with van der Waals surface area (Å²) in [7, 11) is 0. The number of nitrogens with zero attached hydrogens (tertiary/aromatic N) is 2. The van der Waals surface area contributed by atoms with E-state index in [0.717, 1.165) is 52.0 Å². The van der Waals surface area contributed by atoms with Gasteiger partial charge in [-0.3, -0.25) is 15.0 Å². The van der Waals surface area contributed by atoms with E-state index in [1.54, 1.807) is 0 Å². The predicted molar refractivity (Wildman–Crippen MR) is 82.0 cm³/mol. The lowest BCUT2D eigenvalue weighted by atomic mass is 9.98. The highest BCUT2D eigenvalue weighted by Crippen LogP contribution is 2.37. The van der Waals surface area contributed by atoms with Crippen LogP contribution in [0.3, 0.4) is 0 Å². The molecule has 2 saturated heterocycles. The van der Waals surface area contributed by atoms with Gasteiger partial charge in [0.25, 0.3) is 0 Å². The molecule has 2 heterocycles. The summed E-state index contributed by atoms with van der Waals surface area (Å²) in [5, 5.41) is 3.64. The van der Waals surface area contributed by atoms with Crippen LogP contribution in [0.4, 0.5) is 0 Å². The summed E-state index contributed by atoms with van der Waals surface area (Å²) in [5.41, 5.74) is -0.250. The number of rotatable bonds is 4. The summed E-state index contributed by atoms with van der Waals surface area (Å²) in [5.74, 6) is 0.323. The van der Waals surface area contributed by atoms with Crippen LogP contribution in [0.25, 0.3) is 0 Å². The second-order valence-corrected chi connectivity index (χ2v) is 6.70. The van der Waals surface area contributed by atoms with Gasteiger partial charge < -0.3 is 9.64 Å². The van der Waals surface area contributed by atoms with E-state index in [9.17, 15) is 4.79 Å². The topological polar surface area (TPSA) is 44.8 Å². The zero-order chi connectivity index (χ0) is 14.9. The summed E-state index contributed by atoms with van der Waals surface area (Å²) in [6.45, 7) is 8.90. The molecule has 1 aliphatic carbocycles. The van der Waals surface area contributed by atoms with Gasteiger partial charge in [0.1, 0.15) is 0 Å². The monoisotopic (exact) mass is 295 g/mol. The summed E-state index contributed by atoms with van der Waals surface area (Å²) in [6.07, 6.45) is 5.68. The SMILES string of the molecule is CCC1NC2(CCCC2)C(=O)N1CC1CN(CC)CCO1. The van der Waals surface area contributed by atoms with Crippen molar-refractivity contribution in [2.75, 3.05) is 32.8 Å². The fourth-order valence-corrected chi connectivity index (χ4v) is 4.14. The maximum absolute atomic E-state index is 12.9. The highest BCUT2D eigenvalue weighted by Gasteiger charge is 2.52. The number of hydrogen-bond acceptors (Lipinski definition) is 4. The molecule has 5 nitrogen and oxygen atoms in total. The second-order valence-electron chi connectivity index (χ2n) is 6.70. The summed E-state index contributed by atoms with van der Waals surface area (Å²) in [6, 6.07) is 0. The lowest BCUT2D eigenvalue weighted by Crippen LogP contribution is -2.50. The van der Waals surface area contributed by atoms with Crippen LogP contribution in [0.2, 0.25) is 0 Å². The van der Waals surface area contributed by atoms with Crippen LogP contribution in [0.5, 0.6) is 0 Å². The molecule has 120 valence electrons. The Labute approximate surface area is 128 Å². The Hall–Kier alpha value is -0.650. The minimum atomic E-state index is -0.250. The molecule has 1 spiro atoms. The van der Waals surface area contributed by atoms with Gasteiger partial charge in [0.2, 0.25) is 5.91 Å². The second kappa shape index (κ2) is 6.23. The van der Waals surface area contributed by atoms with Crippen molar-refractivity contribution in [3.05, 3.63) is 0 Å². The number of carbonyl (C=O) groups excluding carboxylic acids is 1. The van der Waals surface area contributed by atoms with Crippen molar-refractivity contribution in [1.29, 1.82) is 0 Å². The molecule has 0 aromatic carbocycles. The first-order valence-electron chi connectivity index (χ1n) is 8.61. The molecule has 0 bridgehead atoms. The molecular formula is C16H29N3O2. The van der Waals surface area contributed by atoms with Crippen molar-refractivity contribution < 1.29 is 9.53 Å². The maximum atomic E-state index is 12.9. The Balaban J connectivity index is 1.67. The Morgan fingerprint density at radius 3 is 2.76 bits per heavy atom. The van der Waals surface area contributed by atoms with Gasteiger partial charge in [0, 0.05) is 19.6 Å². The van der Waals surface area contributed by atoms with Crippen LogP contribution < -0.4 is 5.32 Å². The van der Waals surface area contributed by atoms with Gasteiger partial charge in [-0.15, -0.1) is 0 Å². The van der Waals surface area contributed by atoms with Gasteiger partial charge in [-0.25, -0.2) is 0 Å². The van der Waals surface area contributed by atoms with Gasteiger partial charge in [-0.2, -0.15) is 0 Å². The molecule has 21 heavy (non-hydrogen) atoms. The zero-order valence-electron chi connectivity index (χ0n) is 13.4. The first-order chi connectivity index (χ1) is 10.2. The average Bonchev–Trinajstić information content (AvgIpc) is 3.09. The van der Waals surface area contributed by atoms with E-state index < -0.39 is 0 Å². The summed E-state index contributed by atoms with van der Waals surface area (Å²) < 4.78 is 5.90. The van der Waals surface area contributed by atoms with Crippen LogP contribution in [0.15, 0.2) is 0 Å². The number of hydrogen-bond donors (Lipinski definition) is 1. The molecule has 1 saturated carbocycles. The molecule has 3 aliphatic rings. The van der Waals surface area contributed by atoms with E-state index in [1.165, 1.54) is 12.8 Å². The molecule has 0 aromatic rings. The lowest BCUT2D eigenvalue weighted by Gasteiger charge is -2.35.